The fourth-order valence-electron chi connectivity index (χ4n) is 1.78. The van der Waals surface area contributed by atoms with Crippen LogP contribution < -0.4 is 16.4 Å². The molecular formula is C9H14N4OS. The van der Waals surface area contributed by atoms with Gasteiger partial charge in [0.15, 0.2) is 5.13 Å². The molecule has 1 aromatic rings. The minimum atomic E-state index is -0.187. The predicted molar refractivity (Wildman–Crippen MR) is 60.7 cm³/mol. The molecule has 0 spiro atoms. The van der Waals surface area contributed by atoms with Crippen molar-refractivity contribution in [3.05, 3.63) is 6.20 Å². The largest absolute Gasteiger partial charge is 0.389 e. The molecule has 0 unspecified atom stereocenters. The van der Waals surface area contributed by atoms with Gasteiger partial charge in [-0.05, 0) is 12.8 Å². The van der Waals surface area contributed by atoms with Gasteiger partial charge in [-0.3, -0.25) is 4.79 Å². The van der Waals surface area contributed by atoms with Crippen LogP contribution in [0, 0.1) is 5.92 Å². The van der Waals surface area contributed by atoms with Gasteiger partial charge in [-0.1, -0.05) is 11.3 Å². The molecule has 0 aromatic carbocycles. The topological polar surface area (TPSA) is 85.2 Å². The molecule has 4 N–H and O–H groups in total. The summed E-state index contributed by atoms with van der Waals surface area (Å²) in [6.45, 7) is 1.67. The second-order valence-corrected chi connectivity index (χ2v) is 4.75. The number of primary amides is 1. The van der Waals surface area contributed by atoms with Crippen molar-refractivity contribution in [1.29, 1.82) is 0 Å². The van der Waals surface area contributed by atoms with Crippen LogP contribution in [-0.4, -0.2) is 24.0 Å². The lowest BCUT2D eigenvalue weighted by atomic mass is 9.97. The van der Waals surface area contributed by atoms with Crippen LogP contribution in [0.4, 0.5) is 10.1 Å². The van der Waals surface area contributed by atoms with Gasteiger partial charge in [0.1, 0.15) is 5.00 Å². The molecule has 2 rings (SSSR count). The van der Waals surface area contributed by atoms with Gasteiger partial charge >= 0.3 is 0 Å². The molecule has 0 atom stereocenters. The van der Waals surface area contributed by atoms with Crippen molar-refractivity contribution < 1.29 is 4.79 Å². The van der Waals surface area contributed by atoms with E-state index in [1.807, 2.05) is 0 Å². The summed E-state index contributed by atoms with van der Waals surface area (Å²) in [5.41, 5.74) is 10.9. The van der Waals surface area contributed by atoms with E-state index in [-0.39, 0.29) is 11.8 Å². The molecule has 0 aliphatic carbocycles. The molecule has 0 saturated carbocycles. The van der Waals surface area contributed by atoms with Gasteiger partial charge in [0.25, 0.3) is 0 Å². The van der Waals surface area contributed by atoms with Gasteiger partial charge in [0.05, 0.1) is 6.20 Å². The van der Waals surface area contributed by atoms with Crippen LogP contribution in [0.1, 0.15) is 12.8 Å². The highest BCUT2D eigenvalue weighted by molar-refractivity contribution is 7.19. The fraction of sp³-hybridized carbons (Fsp3) is 0.556. The average molecular weight is 226 g/mol. The molecule has 0 radical (unpaired) electrons. The SMILES string of the molecule is NC(=O)C1CCN(c2ncc(N)s2)CC1. The third kappa shape index (κ3) is 2.20. The molecule has 6 heteroatoms. The Morgan fingerprint density at radius 2 is 2.20 bits per heavy atom. The molecule has 0 bridgehead atoms. The molecule has 1 amide bonds. The summed E-state index contributed by atoms with van der Waals surface area (Å²) >= 11 is 1.48. The maximum Gasteiger partial charge on any atom is 0.220 e. The van der Waals surface area contributed by atoms with Crippen LogP contribution in [0.2, 0.25) is 0 Å². The third-order valence-electron chi connectivity index (χ3n) is 2.68. The zero-order valence-electron chi connectivity index (χ0n) is 8.35. The third-order valence-corrected chi connectivity index (χ3v) is 3.57. The van der Waals surface area contributed by atoms with Crippen LogP contribution in [0.5, 0.6) is 0 Å². The van der Waals surface area contributed by atoms with Crippen molar-refractivity contribution in [3.8, 4) is 0 Å². The monoisotopic (exact) mass is 226 g/mol. The molecule has 2 heterocycles. The van der Waals surface area contributed by atoms with E-state index in [9.17, 15) is 4.79 Å². The van der Waals surface area contributed by atoms with Crippen molar-refractivity contribution in [1.82, 2.24) is 4.98 Å². The Kier molecular flexibility index (Phi) is 2.77. The summed E-state index contributed by atoms with van der Waals surface area (Å²) in [6, 6.07) is 0. The minimum Gasteiger partial charge on any atom is -0.389 e. The summed E-state index contributed by atoms with van der Waals surface area (Å²) in [6.07, 6.45) is 3.30. The first-order valence-corrected chi connectivity index (χ1v) is 5.74. The Bertz CT molecular complexity index is 357. The number of aromatic nitrogens is 1. The Morgan fingerprint density at radius 3 is 2.67 bits per heavy atom. The highest BCUT2D eigenvalue weighted by Gasteiger charge is 2.24. The number of nitrogens with zero attached hydrogens (tertiary/aromatic N) is 2. The highest BCUT2D eigenvalue weighted by Crippen LogP contribution is 2.28. The van der Waals surface area contributed by atoms with E-state index in [4.69, 9.17) is 11.5 Å². The van der Waals surface area contributed by atoms with Gasteiger partial charge in [-0.2, -0.15) is 0 Å². The van der Waals surface area contributed by atoms with Crippen LogP contribution >= 0.6 is 11.3 Å². The maximum atomic E-state index is 11.0. The number of piperidine rings is 1. The van der Waals surface area contributed by atoms with E-state index in [0.29, 0.717) is 0 Å². The number of thiazole rings is 1. The number of nitrogens with two attached hydrogens (primary N) is 2. The van der Waals surface area contributed by atoms with Crippen molar-refractivity contribution in [2.24, 2.45) is 11.7 Å². The standard InChI is InChI=1S/C9H14N4OS/c10-7-5-12-9(15-7)13-3-1-6(2-4-13)8(11)14/h5-6H,1-4,10H2,(H2,11,14). The molecule has 1 aliphatic rings. The predicted octanol–water partition coefficient (Wildman–Crippen LogP) is 0.427. The smallest absolute Gasteiger partial charge is 0.220 e. The summed E-state index contributed by atoms with van der Waals surface area (Å²) in [4.78, 5) is 17.3. The molecule has 1 aliphatic heterocycles. The number of rotatable bonds is 2. The van der Waals surface area contributed by atoms with Crippen LogP contribution in [0.25, 0.3) is 0 Å². The lowest BCUT2D eigenvalue weighted by Crippen LogP contribution is -2.38. The van der Waals surface area contributed by atoms with Crippen LogP contribution in [0.15, 0.2) is 6.20 Å². The molecule has 5 nitrogen and oxygen atoms in total. The van der Waals surface area contributed by atoms with E-state index in [1.165, 1.54) is 11.3 Å². The van der Waals surface area contributed by atoms with Gasteiger partial charge in [-0.15, -0.1) is 0 Å². The maximum absolute atomic E-state index is 11.0. The number of hydrogen-bond acceptors (Lipinski definition) is 5. The van der Waals surface area contributed by atoms with E-state index in [0.717, 1.165) is 36.1 Å². The normalized spacial score (nSPS) is 18.0. The van der Waals surface area contributed by atoms with E-state index >= 15 is 0 Å². The summed E-state index contributed by atoms with van der Waals surface area (Å²) in [7, 11) is 0. The molecule has 1 saturated heterocycles. The Hall–Kier alpha value is -1.30. The fourth-order valence-corrected chi connectivity index (χ4v) is 2.51. The summed E-state index contributed by atoms with van der Waals surface area (Å²) in [5.74, 6) is -0.160. The zero-order valence-corrected chi connectivity index (χ0v) is 9.17. The second kappa shape index (κ2) is 4.06. The number of nitrogen functional groups attached to an aromatic ring is 1. The number of carbonyl (C=O) groups excluding carboxylic acids is 1. The number of anilines is 2. The van der Waals surface area contributed by atoms with Crippen molar-refractivity contribution in [2.75, 3.05) is 23.7 Å². The van der Waals surface area contributed by atoms with E-state index < -0.39 is 0 Å². The Balaban J connectivity index is 1.96. The highest BCUT2D eigenvalue weighted by atomic mass is 32.1. The van der Waals surface area contributed by atoms with Crippen molar-refractivity contribution in [3.63, 3.8) is 0 Å². The van der Waals surface area contributed by atoms with Gasteiger partial charge in [0.2, 0.25) is 5.91 Å². The summed E-state index contributed by atoms with van der Waals surface area (Å²) < 4.78 is 0. The number of hydrogen-bond donors (Lipinski definition) is 2. The number of amides is 1. The van der Waals surface area contributed by atoms with Crippen molar-refractivity contribution >= 4 is 27.4 Å². The molecule has 1 fully saturated rings. The molecule has 82 valence electrons. The van der Waals surface area contributed by atoms with Gasteiger partial charge < -0.3 is 16.4 Å². The Labute approximate surface area is 92.1 Å². The minimum absolute atomic E-state index is 0.0264. The lowest BCUT2D eigenvalue weighted by molar-refractivity contribution is -0.122. The lowest BCUT2D eigenvalue weighted by Gasteiger charge is -2.30. The zero-order chi connectivity index (χ0) is 10.8. The van der Waals surface area contributed by atoms with Crippen molar-refractivity contribution in [2.45, 2.75) is 12.8 Å². The van der Waals surface area contributed by atoms with Crippen LogP contribution in [-0.2, 0) is 4.79 Å². The van der Waals surface area contributed by atoms with E-state index in [1.54, 1.807) is 6.20 Å². The molecular weight excluding hydrogens is 212 g/mol. The first-order chi connectivity index (χ1) is 7.16. The molecule has 1 aromatic heterocycles. The Morgan fingerprint density at radius 1 is 1.53 bits per heavy atom. The first-order valence-electron chi connectivity index (χ1n) is 4.92. The van der Waals surface area contributed by atoms with E-state index in [2.05, 4.69) is 9.88 Å². The molecule has 15 heavy (non-hydrogen) atoms. The average Bonchev–Trinajstić information content (AvgIpc) is 2.65. The summed E-state index contributed by atoms with van der Waals surface area (Å²) in [5, 5.41) is 1.66. The second-order valence-electron chi connectivity index (χ2n) is 3.71. The van der Waals surface area contributed by atoms with Gasteiger partial charge in [0, 0.05) is 19.0 Å². The quantitative estimate of drug-likeness (QED) is 0.765. The first kappa shape index (κ1) is 10.2. The van der Waals surface area contributed by atoms with Crippen LogP contribution in [0.3, 0.4) is 0 Å². The van der Waals surface area contributed by atoms with Gasteiger partial charge in [-0.25, -0.2) is 4.98 Å². The number of carbonyl (C=O) groups is 1.